The van der Waals surface area contributed by atoms with Gasteiger partial charge in [0.1, 0.15) is 25.2 Å². The van der Waals surface area contributed by atoms with E-state index >= 15 is 0 Å². The summed E-state index contributed by atoms with van der Waals surface area (Å²) in [6.07, 6.45) is 2.41. The Bertz CT molecular complexity index is 885. The Morgan fingerprint density at radius 2 is 1.92 bits per heavy atom. The van der Waals surface area contributed by atoms with Crippen LogP contribution in [0.5, 0.6) is 11.5 Å². The van der Waals surface area contributed by atoms with Crippen molar-refractivity contribution in [3.8, 4) is 11.5 Å². The summed E-state index contributed by atoms with van der Waals surface area (Å²) in [7, 11) is 0. The van der Waals surface area contributed by atoms with Gasteiger partial charge in [-0.1, -0.05) is 6.07 Å². The van der Waals surface area contributed by atoms with E-state index in [0.29, 0.717) is 36.3 Å². The number of fused-ring (bicyclic) bond motifs is 1. The minimum absolute atomic E-state index is 0.480. The van der Waals surface area contributed by atoms with Gasteiger partial charge in [-0.25, -0.2) is 9.97 Å². The van der Waals surface area contributed by atoms with Gasteiger partial charge < -0.3 is 25.8 Å². The molecule has 0 aliphatic carbocycles. The van der Waals surface area contributed by atoms with Crippen molar-refractivity contribution in [3.63, 3.8) is 0 Å². The second kappa shape index (κ2) is 7.49. The molecule has 0 bridgehead atoms. The average Bonchev–Trinajstić information content (AvgIpc) is 3.18. The van der Waals surface area contributed by atoms with Crippen molar-refractivity contribution in [1.29, 1.82) is 0 Å². The molecule has 3 heterocycles. The third kappa shape index (κ3) is 3.65. The van der Waals surface area contributed by atoms with Gasteiger partial charge in [0.2, 0.25) is 0 Å². The number of nitrogens with zero attached hydrogens (tertiary/aromatic N) is 2. The lowest BCUT2D eigenvalue weighted by atomic mass is 10.2. The zero-order valence-electron chi connectivity index (χ0n) is 14.1. The van der Waals surface area contributed by atoms with Crippen molar-refractivity contribution in [2.24, 2.45) is 0 Å². The van der Waals surface area contributed by atoms with E-state index < -0.39 is 0 Å². The van der Waals surface area contributed by atoms with Crippen LogP contribution in [0.15, 0.2) is 42.0 Å². The highest BCUT2D eigenvalue weighted by atomic mass is 32.1. The quantitative estimate of drug-likeness (QED) is 0.614. The summed E-state index contributed by atoms with van der Waals surface area (Å²) in [5, 5.41) is 8.56. The average molecular weight is 369 g/mol. The van der Waals surface area contributed by atoms with Gasteiger partial charge in [0.05, 0.1) is 0 Å². The van der Waals surface area contributed by atoms with Crippen molar-refractivity contribution < 1.29 is 9.47 Å². The number of nitrogens with two attached hydrogens (primary N) is 1. The highest BCUT2D eigenvalue weighted by Gasteiger charge is 2.13. The molecule has 0 fully saturated rings. The van der Waals surface area contributed by atoms with Crippen LogP contribution in [0.2, 0.25) is 0 Å². The summed E-state index contributed by atoms with van der Waals surface area (Å²) >= 11 is 1.74. The van der Waals surface area contributed by atoms with Crippen molar-refractivity contribution >= 4 is 34.3 Å². The molecule has 2 aromatic heterocycles. The maximum atomic E-state index is 6.23. The van der Waals surface area contributed by atoms with E-state index in [0.717, 1.165) is 24.4 Å². The molecular weight excluding hydrogens is 350 g/mol. The lowest BCUT2D eigenvalue weighted by molar-refractivity contribution is 0.171. The molecule has 1 aromatic carbocycles. The number of anilines is 4. The lowest BCUT2D eigenvalue weighted by Gasteiger charge is -2.19. The summed E-state index contributed by atoms with van der Waals surface area (Å²) in [6.45, 7) is 1.87. The summed E-state index contributed by atoms with van der Waals surface area (Å²) in [5.74, 6) is 2.63. The van der Waals surface area contributed by atoms with E-state index in [-0.39, 0.29) is 0 Å². The van der Waals surface area contributed by atoms with Crippen molar-refractivity contribution in [2.45, 2.75) is 6.42 Å². The fraction of sp³-hybridized carbons (Fsp3) is 0.222. The first-order valence-corrected chi connectivity index (χ1v) is 9.21. The van der Waals surface area contributed by atoms with Gasteiger partial charge in [0.15, 0.2) is 23.1 Å². The first kappa shape index (κ1) is 16.5. The number of thiophene rings is 1. The molecule has 0 atom stereocenters. The monoisotopic (exact) mass is 369 g/mol. The fourth-order valence-corrected chi connectivity index (χ4v) is 3.36. The van der Waals surface area contributed by atoms with Crippen LogP contribution in [-0.2, 0) is 6.42 Å². The number of hydrogen-bond donors (Lipinski definition) is 3. The van der Waals surface area contributed by atoms with E-state index in [1.54, 1.807) is 11.3 Å². The van der Waals surface area contributed by atoms with Gasteiger partial charge in [0, 0.05) is 23.2 Å². The molecule has 0 saturated carbocycles. The number of hydrogen-bond acceptors (Lipinski definition) is 8. The van der Waals surface area contributed by atoms with Crippen LogP contribution in [0.3, 0.4) is 0 Å². The molecule has 4 N–H and O–H groups in total. The summed E-state index contributed by atoms with van der Waals surface area (Å²) in [6, 6.07) is 9.81. The molecule has 0 radical (unpaired) electrons. The lowest BCUT2D eigenvalue weighted by Crippen LogP contribution is -2.15. The minimum atomic E-state index is 0.480. The Hall–Kier alpha value is -3.00. The maximum absolute atomic E-state index is 6.23. The molecule has 8 heteroatoms. The zero-order valence-corrected chi connectivity index (χ0v) is 14.9. The molecule has 134 valence electrons. The maximum Gasteiger partial charge on any atom is 0.163 e. The van der Waals surface area contributed by atoms with Gasteiger partial charge in [-0.15, -0.1) is 11.3 Å². The van der Waals surface area contributed by atoms with Crippen LogP contribution in [0.1, 0.15) is 4.88 Å². The van der Waals surface area contributed by atoms with E-state index in [1.807, 2.05) is 18.2 Å². The van der Waals surface area contributed by atoms with E-state index in [1.165, 1.54) is 11.2 Å². The first-order chi connectivity index (χ1) is 12.8. The van der Waals surface area contributed by atoms with Gasteiger partial charge in [-0.05, 0) is 30.0 Å². The van der Waals surface area contributed by atoms with E-state index in [2.05, 4.69) is 38.1 Å². The second-order valence-corrected chi connectivity index (χ2v) is 6.76. The highest BCUT2D eigenvalue weighted by molar-refractivity contribution is 7.09. The number of benzene rings is 1. The molecule has 1 aliphatic heterocycles. The van der Waals surface area contributed by atoms with Gasteiger partial charge >= 0.3 is 0 Å². The third-order valence-electron chi connectivity index (χ3n) is 3.93. The molecule has 26 heavy (non-hydrogen) atoms. The Labute approximate surface area is 155 Å². The number of ether oxygens (including phenoxy) is 2. The molecule has 0 unspecified atom stereocenters. The zero-order chi connectivity index (χ0) is 17.8. The molecule has 7 nitrogen and oxygen atoms in total. The molecule has 1 aliphatic rings. The Kier molecular flexibility index (Phi) is 4.74. The van der Waals surface area contributed by atoms with Gasteiger partial charge in [0.25, 0.3) is 0 Å². The minimum Gasteiger partial charge on any atom is -0.486 e. The van der Waals surface area contributed by atoms with Crippen molar-refractivity contribution in [3.05, 3.63) is 46.9 Å². The Morgan fingerprint density at radius 3 is 2.77 bits per heavy atom. The van der Waals surface area contributed by atoms with Crippen LogP contribution in [-0.4, -0.2) is 29.7 Å². The van der Waals surface area contributed by atoms with Crippen LogP contribution in [0.4, 0.5) is 23.0 Å². The predicted octanol–water partition coefficient (Wildman–Crippen LogP) is 3.29. The van der Waals surface area contributed by atoms with E-state index in [4.69, 9.17) is 15.2 Å². The first-order valence-electron chi connectivity index (χ1n) is 8.33. The SMILES string of the molecule is Nc1c(NCCc2cccs2)ncnc1Nc1ccc2c(c1)OCCO2. The second-order valence-electron chi connectivity index (χ2n) is 5.72. The summed E-state index contributed by atoms with van der Waals surface area (Å²) in [5.41, 5.74) is 7.53. The topological polar surface area (TPSA) is 94.3 Å². The van der Waals surface area contributed by atoms with Crippen molar-refractivity contribution in [1.82, 2.24) is 9.97 Å². The largest absolute Gasteiger partial charge is 0.486 e. The molecule has 3 aromatic rings. The van der Waals surface area contributed by atoms with Crippen molar-refractivity contribution in [2.75, 3.05) is 36.1 Å². The molecule has 0 spiro atoms. The normalized spacial score (nSPS) is 12.6. The number of nitrogen functional groups attached to an aromatic ring is 1. The van der Waals surface area contributed by atoms with Crippen LogP contribution >= 0.6 is 11.3 Å². The predicted molar refractivity (Wildman–Crippen MR) is 104 cm³/mol. The third-order valence-corrected chi connectivity index (χ3v) is 4.87. The van der Waals surface area contributed by atoms with E-state index in [9.17, 15) is 0 Å². The summed E-state index contributed by atoms with van der Waals surface area (Å²) in [4.78, 5) is 9.81. The molecular formula is C18H19N5O2S. The van der Waals surface area contributed by atoms with Gasteiger partial charge in [-0.3, -0.25) is 0 Å². The summed E-state index contributed by atoms with van der Waals surface area (Å²) < 4.78 is 11.1. The standard InChI is InChI=1S/C18H19N5O2S/c19-16-17(20-6-5-13-2-1-9-26-13)21-11-22-18(16)23-12-3-4-14-15(10-12)25-8-7-24-14/h1-4,9-11H,5-8,19H2,(H2,20,21,22,23). The molecule has 0 saturated heterocycles. The van der Waals surface area contributed by atoms with Crippen LogP contribution in [0.25, 0.3) is 0 Å². The highest BCUT2D eigenvalue weighted by Crippen LogP contribution is 2.34. The number of aromatic nitrogens is 2. The smallest absolute Gasteiger partial charge is 0.163 e. The fourth-order valence-electron chi connectivity index (χ4n) is 2.65. The number of rotatable bonds is 6. The Balaban J connectivity index is 1.45. The van der Waals surface area contributed by atoms with Gasteiger partial charge in [-0.2, -0.15) is 0 Å². The van der Waals surface area contributed by atoms with Crippen LogP contribution in [0, 0.1) is 0 Å². The molecule has 4 rings (SSSR count). The van der Waals surface area contributed by atoms with Crippen LogP contribution < -0.4 is 25.8 Å². The molecule has 0 amide bonds. The number of nitrogens with one attached hydrogen (secondary N) is 2. The Morgan fingerprint density at radius 1 is 1.08 bits per heavy atom.